The van der Waals surface area contributed by atoms with E-state index in [1.54, 1.807) is 7.11 Å². The van der Waals surface area contributed by atoms with Crippen LogP contribution in [-0.4, -0.2) is 19.2 Å². The smallest absolute Gasteiger partial charge is 0.142 e. The number of nitrogens with two attached hydrogens (primary N) is 1. The van der Waals surface area contributed by atoms with Crippen molar-refractivity contribution in [3.63, 3.8) is 0 Å². The van der Waals surface area contributed by atoms with E-state index in [0.717, 1.165) is 24.3 Å². The molecule has 4 heteroatoms. The van der Waals surface area contributed by atoms with Gasteiger partial charge in [0.25, 0.3) is 0 Å². The van der Waals surface area contributed by atoms with Crippen LogP contribution in [0.5, 0.6) is 5.75 Å². The van der Waals surface area contributed by atoms with Crippen LogP contribution in [0.1, 0.15) is 19.3 Å². The predicted octanol–water partition coefficient (Wildman–Crippen LogP) is 2.64. The minimum absolute atomic E-state index is 0.226. The number of methoxy groups -OCH3 is 1. The largest absolute Gasteiger partial charge is 0.495 e. The van der Waals surface area contributed by atoms with Gasteiger partial charge in [-0.3, -0.25) is 0 Å². The molecule has 0 spiro atoms. The molecule has 0 unspecified atom stereocenters. The SMILES string of the molecule is COc1ccc(Cl)cc1N[C@@H]1CCC[C@@H]1N. The van der Waals surface area contributed by atoms with Crippen molar-refractivity contribution in [2.45, 2.75) is 31.3 Å². The molecule has 3 N–H and O–H groups in total. The van der Waals surface area contributed by atoms with Gasteiger partial charge in [-0.25, -0.2) is 0 Å². The third kappa shape index (κ3) is 2.42. The molecule has 88 valence electrons. The highest BCUT2D eigenvalue weighted by Gasteiger charge is 2.24. The first kappa shape index (κ1) is 11.6. The van der Waals surface area contributed by atoms with Gasteiger partial charge in [0.05, 0.1) is 12.8 Å². The van der Waals surface area contributed by atoms with Gasteiger partial charge in [0.15, 0.2) is 0 Å². The Labute approximate surface area is 101 Å². The van der Waals surface area contributed by atoms with Crippen LogP contribution in [0.25, 0.3) is 0 Å². The molecule has 0 saturated heterocycles. The normalized spacial score (nSPS) is 24.4. The summed E-state index contributed by atoms with van der Waals surface area (Å²) >= 11 is 5.97. The van der Waals surface area contributed by atoms with Crippen molar-refractivity contribution in [3.05, 3.63) is 23.2 Å². The molecule has 0 radical (unpaired) electrons. The molecule has 0 aliphatic heterocycles. The molecule has 0 amide bonds. The number of hydrogen-bond donors (Lipinski definition) is 2. The first-order valence-corrected chi connectivity index (χ1v) is 5.94. The Hall–Kier alpha value is -0.930. The molecule has 1 aliphatic rings. The molecule has 1 aromatic carbocycles. The summed E-state index contributed by atoms with van der Waals surface area (Å²) in [5.74, 6) is 0.809. The predicted molar refractivity (Wildman–Crippen MR) is 67.2 cm³/mol. The molecule has 1 aliphatic carbocycles. The van der Waals surface area contributed by atoms with Gasteiger partial charge < -0.3 is 15.8 Å². The lowest BCUT2D eigenvalue weighted by atomic mass is 10.1. The van der Waals surface area contributed by atoms with Gasteiger partial charge in [-0.05, 0) is 37.5 Å². The van der Waals surface area contributed by atoms with Crippen LogP contribution in [0.2, 0.25) is 5.02 Å². The van der Waals surface area contributed by atoms with Gasteiger partial charge in [0.1, 0.15) is 5.75 Å². The van der Waals surface area contributed by atoms with E-state index in [1.807, 2.05) is 18.2 Å². The number of ether oxygens (including phenoxy) is 1. The summed E-state index contributed by atoms with van der Waals surface area (Å²) in [4.78, 5) is 0. The van der Waals surface area contributed by atoms with Gasteiger partial charge in [0.2, 0.25) is 0 Å². The molecule has 0 bridgehead atoms. The fourth-order valence-electron chi connectivity index (χ4n) is 2.16. The maximum Gasteiger partial charge on any atom is 0.142 e. The maximum absolute atomic E-state index is 6.02. The number of nitrogens with one attached hydrogen (secondary N) is 1. The zero-order valence-electron chi connectivity index (χ0n) is 9.37. The first-order chi connectivity index (χ1) is 7.70. The molecule has 1 fully saturated rings. The molecule has 3 nitrogen and oxygen atoms in total. The number of halogens is 1. The summed E-state index contributed by atoms with van der Waals surface area (Å²) in [5, 5.41) is 4.12. The lowest BCUT2D eigenvalue weighted by Gasteiger charge is -2.20. The Morgan fingerprint density at radius 3 is 2.88 bits per heavy atom. The molecular weight excluding hydrogens is 224 g/mol. The fourth-order valence-corrected chi connectivity index (χ4v) is 2.33. The zero-order valence-corrected chi connectivity index (χ0v) is 10.1. The lowest BCUT2D eigenvalue weighted by Crippen LogP contribution is -2.35. The van der Waals surface area contributed by atoms with Crippen molar-refractivity contribution in [1.29, 1.82) is 0 Å². The number of rotatable bonds is 3. The van der Waals surface area contributed by atoms with Gasteiger partial charge in [-0.1, -0.05) is 11.6 Å². The van der Waals surface area contributed by atoms with Crippen LogP contribution >= 0.6 is 11.6 Å². The molecule has 16 heavy (non-hydrogen) atoms. The minimum Gasteiger partial charge on any atom is -0.495 e. The molecule has 1 saturated carbocycles. The maximum atomic E-state index is 6.02. The van der Waals surface area contributed by atoms with Crippen molar-refractivity contribution in [1.82, 2.24) is 0 Å². The van der Waals surface area contributed by atoms with Crippen LogP contribution in [0.4, 0.5) is 5.69 Å². The van der Waals surface area contributed by atoms with E-state index in [0.29, 0.717) is 11.1 Å². The highest BCUT2D eigenvalue weighted by molar-refractivity contribution is 6.30. The van der Waals surface area contributed by atoms with E-state index in [4.69, 9.17) is 22.1 Å². The van der Waals surface area contributed by atoms with Gasteiger partial charge in [-0.15, -0.1) is 0 Å². The Balaban J connectivity index is 2.16. The molecule has 0 heterocycles. The van der Waals surface area contributed by atoms with Crippen LogP contribution < -0.4 is 15.8 Å². The highest BCUT2D eigenvalue weighted by Crippen LogP contribution is 2.30. The second-order valence-corrected chi connectivity index (χ2v) is 4.63. The van der Waals surface area contributed by atoms with Gasteiger partial charge in [-0.2, -0.15) is 0 Å². The molecule has 1 aromatic rings. The van der Waals surface area contributed by atoms with E-state index in [2.05, 4.69) is 5.32 Å². The van der Waals surface area contributed by atoms with Gasteiger partial charge in [0, 0.05) is 17.1 Å². The lowest BCUT2D eigenvalue weighted by molar-refractivity contribution is 0.415. The Morgan fingerprint density at radius 2 is 2.25 bits per heavy atom. The fraction of sp³-hybridized carbons (Fsp3) is 0.500. The van der Waals surface area contributed by atoms with Crippen molar-refractivity contribution >= 4 is 17.3 Å². The van der Waals surface area contributed by atoms with E-state index < -0.39 is 0 Å². The summed E-state index contributed by atoms with van der Waals surface area (Å²) in [7, 11) is 1.66. The van der Waals surface area contributed by atoms with Crippen molar-refractivity contribution in [2.24, 2.45) is 5.73 Å². The summed E-state index contributed by atoms with van der Waals surface area (Å²) in [5.41, 5.74) is 6.95. The zero-order chi connectivity index (χ0) is 11.5. The second-order valence-electron chi connectivity index (χ2n) is 4.19. The van der Waals surface area contributed by atoms with Crippen LogP contribution in [0, 0.1) is 0 Å². The van der Waals surface area contributed by atoms with E-state index in [1.165, 1.54) is 6.42 Å². The minimum atomic E-state index is 0.226. The van der Waals surface area contributed by atoms with Crippen LogP contribution in [0.3, 0.4) is 0 Å². The molecule has 2 atom stereocenters. The van der Waals surface area contributed by atoms with Crippen molar-refractivity contribution < 1.29 is 4.74 Å². The standard InChI is InChI=1S/C12H17ClN2O/c1-16-12-6-5-8(13)7-11(12)15-10-4-2-3-9(10)14/h5-7,9-10,15H,2-4,14H2,1H3/t9-,10+/m0/s1. The van der Waals surface area contributed by atoms with E-state index in [-0.39, 0.29) is 6.04 Å². The molecule has 2 rings (SSSR count). The Bertz CT molecular complexity index is 370. The van der Waals surface area contributed by atoms with E-state index >= 15 is 0 Å². The summed E-state index contributed by atoms with van der Waals surface area (Å²) in [6.45, 7) is 0. The number of benzene rings is 1. The summed E-state index contributed by atoms with van der Waals surface area (Å²) in [6, 6.07) is 6.12. The first-order valence-electron chi connectivity index (χ1n) is 5.56. The van der Waals surface area contributed by atoms with Crippen molar-refractivity contribution in [2.75, 3.05) is 12.4 Å². The van der Waals surface area contributed by atoms with Crippen LogP contribution in [-0.2, 0) is 0 Å². The quantitative estimate of drug-likeness (QED) is 0.854. The summed E-state index contributed by atoms with van der Waals surface area (Å²) in [6.07, 6.45) is 3.37. The highest BCUT2D eigenvalue weighted by atomic mass is 35.5. The number of hydrogen-bond acceptors (Lipinski definition) is 3. The van der Waals surface area contributed by atoms with E-state index in [9.17, 15) is 0 Å². The third-order valence-electron chi connectivity index (χ3n) is 3.07. The second kappa shape index (κ2) is 4.93. The monoisotopic (exact) mass is 240 g/mol. The van der Waals surface area contributed by atoms with Crippen molar-refractivity contribution in [3.8, 4) is 5.75 Å². The van der Waals surface area contributed by atoms with Gasteiger partial charge >= 0.3 is 0 Å². The number of anilines is 1. The topological polar surface area (TPSA) is 47.3 Å². The Morgan fingerprint density at radius 1 is 1.44 bits per heavy atom. The third-order valence-corrected chi connectivity index (χ3v) is 3.31. The summed E-state index contributed by atoms with van der Waals surface area (Å²) < 4.78 is 5.28. The average Bonchev–Trinajstić information content (AvgIpc) is 2.65. The average molecular weight is 241 g/mol. The molecule has 0 aromatic heterocycles. The Kier molecular flexibility index (Phi) is 3.56. The molecular formula is C12H17ClN2O. The van der Waals surface area contributed by atoms with Crippen LogP contribution in [0.15, 0.2) is 18.2 Å².